The summed E-state index contributed by atoms with van der Waals surface area (Å²) in [6.07, 6.45) is 1.47. The van der Waals surface area contributed by atoms with Gasteiger partial charge in [-0.3, -0.25) is 9.59 Å². The third-order valence-corrected chi connectivity index (χ3v) is 3.58. The van der Waals surface area contributed by atoms with Crippen LogP contribution in [0.15, 0.2) is 6.07 Å². The standard InChI is InChI=1S/C12H13Cl2N3O2/c1-6-7(5-9(13)17-10(6)14)11(18)16-8-3-2-4-15-12(8)19/h5,8H,2-4H2,1H3,(H,15,19)(H,16,18). The first kappa shape index (κ1) is 14.1. The van der Waals surface area contributed by atoms with E-state index in [-0.39, 0.29) is 22.1 Å². The molecule has 1 aliphatic heterocycles. The molecule has 1 atom stereocenters. The Morgan fingerprint density at radius 2 is 2.26 bits per heavy atom. The maximum absolute atomic E-state index is 12.1. The number of pyridine rings is 1. The van der Waals surface area contributed by atoms with E-state index in [0.29, 0.717) is 24.1 Å². The van der Waals surface area contributed by atoms with Crippen LogP contribution in [0.5, 0.6) is 0 Å². The lowest BCUT2D eigenvalue weighted by molar-refractivity contribution is -0.124. The van der Waals surface area contributed by atoms with Gasteiger partial charge >= 0.3 is 0 Å². The third kappa shape index (κ3) is 3.16. The van der Waals surface area contributed by atoms with Crippen LogP contribution in [0.2, 0.25) is 10.3 Å². The number of nitrogens with one attached hydrogen (secondary N) is 2. The number of piperidine rings is 1. The van der Waals surface area contributed by atoms with E-state index in [0.717, 1.165) is 6.42 Å². The summed E-state index contributed by atoms with van der Waals surface area (Å²) in [5.41, 5.74) is 0.878. The molecule has 0 aliphatic carbocycles. The second-order valence-electron chi connectivity index (χ2n) is 4.37. The predicted octanol–water partition coefficient (Wildman–Crippen LogP) is 1.71. The molecule has 7 heteroatoms. The molecule has 1 saturated heterocycles. The highest BCUT2D eigenvalue weighted by molar-refractivity contribution is 6.33. The van der Waals surface area contributed by atoms with Gasteiger partial charge in [0, 0.05) is 12.1 Å². The van der Waals surface area contributed by atoms with Crippen molar-refractivity contribution in [3.8, 4) is 0 Å². The van der Waals surface area contributed by atoms with Crippen LogP contribution in [0.25, 0.3) is 0 Å². The van der Waals surface area contributed by atoms with E-state index in [2.05, 4.69) is 15.6 Å². The number of hydrogen-bond acceptors (Lipinski definition) is 3. The molecule has 2 heterocycles. The number of amides is 2. The summed E-state index contributed by atoms with van der Waals surface area (Å²) in [7, 11) is 0. The van der Waals surface area contributed by atoms with Crippen LogP contribution < -0.4 is 10.6 Å². The Morgan fingerprint density at radius 3 is 2.95 bits per heavy atom. The van der Waals surface area contributed by atoms with Gasteiger partial charge in [-0.15, -0.1) is 0 Å². The summed E-state index contributed by atoms with van der Waals surface area (Å²) in [5, 5.41) is 5.73. The van der Waals surface area contributed by atoms with Gasteiger partial charge in [-0.1, -0.05) is 23.2 Å². The number of carbonyl (C=O) groups excluding carboxylic acids is 2. The SMILES string of the molecule is Cc1c(C(=O)NC2CCCNC2=O)cc(Cl)nc1Cl. The lowest BCUT2D eigenvalue weighted by Crippen LogP contribution is -2.50. The van der Waals surface area contributed by atoms with Gasteiger partial charge in [0.15, 0.2) is 0 Å². The summed E-state index contributed by atoms with van der Waals surface area (Å²) < 4.78 is 0. The smallest absolute Gasteiger partial charge is 0.252 e. The van der Waals surface area contributed by atoms with Crippen LogP contribution in [-0.4, -0.2) is 29.4 Å². The fourth-order valence-corrected chi connectivity index (χ4v) is 2.36. The minimum Gasteiger partial charge on any atom is -0.354 e. The Morgan fingerprint density at radius 1 is 1.53 bits per heavy atom. The van der Waals surface area contributed by atoms with Crippen LogP contribution in [0.4, 0.5) is 0 Å². The van der Waals surface area contributed by atoms with Gasteiger partial charge in [0.1, 0.15) is 16.3 Å². The monoisotopic (exact) mass is 301 g/mol. The second kappa shape index (κ2) is 5.75. The molecule has 1 unspecified atom stereocenters. The number of nitrogens with zero attached hydrogens (tertiary/aromatic N) is 1. The van der Waals surface area contributed by atoms with Crippen molar-refractivity contribution in [2.24, 2.45) is 0 Å². The topological polar surface area (TPSA) is 71.1 Å². The molecule has 2 rings (SSSR count). The highest BCUT2D eigenvalue weighted by Gasteiger charge is 2.25. The van der Waals surface area contributed by atoms with E-state index in [9.17, 15) is 9.59 Å². The first-order valence-electron chi connectivity index (χ1n) is 5.90. The summed E-state index contributed by atoms with van der Waals surface area (Å²) in [5.74, 6) is -0.533. The Bertz CT molecular complexity index is 534. The minimum atomic E-state index is -0.508. The van der Waals surface area contributed by atoms with Crippen molar-refractivity contribution in [2.75, 3.05) is 6.54 Å². The zero-order chi connectivity index (χ0) is 14.0. The number of aromatic nitrogens is 1. The van der Waals surface area contributed by atoms with Gasteiger partial charge in [-0.25, -0.2) is 4.98 Å². The van der Waals surface area contributed by atoms with Crippen molar-refractivity contribution in [1.82, 2.24) is 15.6 Å². The predicted molar refractivity (Wildman–Crippen MR) is 72.5 cm³/mol. The molecule has 1 aromatic heterocycles. The molecule has 1 aliphatic rings. The quantitative estimate of drug-likeness (QED) is 0.817. The van der Waals surface area contributed by atoms with Crippen molar-refractivity contribution < 1.29 is 9.59 Å². The van der Waals surface area contributed by atoms with Crippen molar-refractivity contribution in [3.05, 3.63) is 27.5 Å². The zero-order valence-corrected chi connectivity index (χ0v) is 11.8. The average Bonchev–Trinajstić information content (AvgIpc) is 2.36. The Kier molecular flexibility index (Phi) is 4.27. The van der Waals surface area contributed by atoms with E-state index in [1.165, 1.54) is 6.07 Å². The van der Waals surface area contributed by atoms with Crippen molar-refractivity contribution >= 4 is 35.0 Å². The number of rotatable bonds is 2. The van der Waals surface area contributed by atoms with Crippen LogP contribution in [0, 0.1) is 6.92 Å². The van der Waals surface area contributed by atoms with Gasteiger partial charge in [0.05, 0.1) is 0 Å². The van der Waals surface area contributed by atoms with E-state index in [1.807, 2.05) is 0 Å². The van der Waals surface area contributed by atoms with Gasteiger partial charge in [0.25, 0.3) is 5.91 Å². The number of halogens is 2. The zero-order valence-electron chi connectivity index (χ0n) is 10.3. The van der Waals surface area contributed by atoms with Crippen LogP contribution in [0.3, 0.4) is 0 Å². The van der Waals surface area contributed by atoms with Gasteiger partial charge in [0.2, 0.25) is 5.91 Å². The Hall–Kier alpha value is -1.33. The molecule has 0 bridgehead atoms. The fourth-order valence-electron chi connectivity index (χ4n) is 1.93. The molecule has 102 valence electrons. The van der Waals surface area contributed by atoms with E-state index >= 15 is 0 Å². The highest BCUT2D eigenvalue weighted by atomic mass is 35.5. The van der Waals surface area contributed by atoms with E-state index < -0.39 is 6.04 Å². The largest absolute Gasteiger partial charge is 0.354 e. The third-order valence-electron chi connectivity index (χ3n) is 3.02. The molecule has 1 aromatic rings. The fraction of sp³-hybridized carbons (Fsp3) is 0.417. The van der Waals surface area contributed by atoms with Gasteiger partial charge in [-0.05, 0) is 31.4 Å². The van der Waals surface area contributed by atoms with Gasteiger partial charge < -0.3 is 10.6 Å². The minimum absolute atomic E-state index is 0.147. The maximum atomic E-state index is 12.1. The van der Waals surface area contributed by atoms with Crippen LogP contribution >= 0.6 is 23.2 Å². The molecular formula is C12H13Cl2N3O2. The number of carbonyl (C=O) groups is 2. The van der Waals surface area contributed by atoms with Crippen molar-refractivity contribution in [1.29, 1.82) is 0 Å². The molecule has 0 spiro atoms. The van der Waals surface area contributed by atoms with E-state index in [1.54, 1.807) is 6.92 Å². The van der Waals surface area contributed by atoms with Gasteiger partial charge in [-0.2, -0.15) is 0 Å². The average molecular weight is 302 g/mol. The number of hydrogen-bond donors (Lipinski definition) is 2. The van der Waals surface area contributed by atoms with Crippen molar-refractivity contribution in [2.45, 2.75) is 25.8 Å². The molecule has 2 amide bonds. The molecule has 1 fully saturated rings. The molecule has 0 aromatic carbocycles. The first-order valence-corrected chi connectivity index (χ1v) is 6.66. The summed E-state index contributed by atoms with van der Waals surface area (Å²) in [4.78, 5) is 27.6. The molecule has 5 nitrogen and oxygen atoms in total. The van der Waals surface area contributed by atoms with Crippen LogP contribution in [0.1, 0.15) is 28.8 Å². The maximum Gasteiger partial charge on any atom is 0.252 e. The summed E-state index contributed by atoms with van der Waals surface area (Å²) in [6.45, 7) is 2.33. The molecular weight excluding hydrogens is 289 g/mol. The first-order chi connectivity index (χ1) is 8.99. The second-order valence-corrected chi connectivity index (χ2v) is 5.11. The van der Waals surface area contributed by atoms with Crippen LogP contribution in [-0.2, 0) is 4.79 Å². The van der Waals surface area contributed by atoms with Crippen molar-refractivity contribution in [3.63, 3.8) is 0 Å². The lowest BCUT2D eigenvalue weighted by atomic mass is 10.1. The summed E-state index contributed by atoms with van der Waals surface area (Å²) in [6, 6.07) is 0.935. The molecule has 0 radical (unpaired) electrons. The lowest BCUT2D eigenvalue weighted by Gasteiger charge is -2.23. The molecule has 0 saturated carbocycles. The normalized spacial score (nSPS) is 18.9. The highest BCUT2D eigenvalue weighted by Crippen LogP contribution is 2.21. The molecule has 2 N–H and O–H groups in total. The molecule has 19 heavy (non-hydrogen) atoms. The Balaban J connectivity index is 2.18. The summed E-state index contributed by atoms with van der Waals surface area (Å²) >= 11 is 11.7. The van der Waals surface area contributed by atoms with E-state index in [4.69, 9.17) is 23.2 Å². The Labute approximate surface area is 120 Å².